The van der Waals surface area contributed by atoms with Gasteiger partial charge in [-0.1, -0.05) is 0 Å². The predicted molar refractivity (Wildman–Crippen MR) is 116 cm³/mol. The van der Waals surface area contributed by atoms with Gasteiger partial charge < -0.3 is 15.4 Å². The number of rotatable bonds is 5. The van der Waals surface area contributed by atoms with Crippen LogP contribution in [0.5, 0.6) is 0 Å². The number of ether oxygens (including phenoxy) is 1. The molecule has 9 heteroatoms. The van der Waals surface area contributed by atoms with Crippen LogP contribution in [0.4, 0.5) is 19.0 Å². The van der Waals surface area contributed by atoms with Gasteiger partial charge in [0.15, 0.2) is 0 Å². The smallest absolute Gasteiger partial charge is 0.383 e. The number of carbonyl (C=O) groups is 1. The van der Waals surface area contributed by atoms with Crippen LogP contribution in [0.25, 0.3) is 10.9 Å². The first kappa shape index (κ1) is 21.6. The molecule has 2 aliphatic rings. The Bertz CT molecular complexity index is 1220. The van der Waals surface area contributed by atoms with Gasteiger partial charge in [0.05, 0.1) is 36.0 Å². The van der Waals surface area contributed by atoms with Crippen LogP contribution in [0.15, 0.2) is 36.5 Å². The number of nitrogens with two attached hydrogens (primary N) is 1. The van der Waals surface area contributed by atoms with Crippen molar-refractivity contribution in [2.45, 2.75) is 45.2 Å². The maximum absolute atomic E-state index is 13.6. The van der Waals surface area contributed by atoms with E-state index in [1.807, 2.05) is 13.0 Å². The quantitative estimate of drug-likeness (QED) is 0.592. The molecule has 1 aromatic carbocycles. The predicted octanol–water partition coefficient (Wildman–Crippen LogP) is 4.87. The number of benzene rings is 1. The summed E-state index contributed by atoms with van der Waals surface area (Å²) < 4.78 is 44.5. The molecule has 2 aromatic heterocycles. The largest absolute Gasteiger partial charge is 0.417 e. The lowest BCUT2D eigenvalue weighted by atomic mass is 10.0. The van der Waals surface area contributed by atoms with Crippen LogP contribution in [0.2, 0.25) is 0 Å². The fourth-order valence-corrected chi connectivity index (χ4v) is 4.55. The van der Waals surface area contributed by atoms with Gasteiger partial charge in [-0.3, -0.25) is 9.78 Å². The number of amides is 1. The van der Waals surface area contributed by atoms with Crippen molar-refractivity contribution in [2.75, 3.05) is 12.3 Å². The molecule has 2 N–H and O–H groups in total. The Morgan fingerprint density at radius 2 is 1.97 bits per heavy atom. The van der Waals surface area contributed by atoms with Gasteiger partial charge in [0.25, 0.3) is 5.91 Å². The summed E-state index contributed by atoms with van der Waals surface area (Å²) in [5.74, 6) is 0.423. The molecule has 1 atom stereocenters. The van der Waals surface area contributed by atoms with E-state index in [-0.39, 0.29) is 17.9 Å². The van der Waals surface area contributed by atoms with Gasteiger partial charge in [0, 0.05) is 29.3 Å². The molecule has 1 amide bonds. The Morgan fingerprint density at radius 1 is 1.21 bits per heavy atom. The lowest BCUT2D eigenvalue weighted by molar-refractivity contribution is -0.137. The number of hydrogen-bond donors (Lipinski definition) is 1. The topological polar surface area (TPSA) is 81.3 Å². The van der Waals surface area contributed by atoms with E-state index in [4.69, 9.17) is 10.5 Å². The molecule has 3 heterocycles. The van der Waals surface area contributed by atoms with Crippen molar-refractivity contribution in [3.63, 3.8) is 0 Å². The van der Waals surface area contributed by atoms with Crippen molar-refractivity contribution >= 4 is 22.6 Å². The zero-order valence-electron chi connectivity index (χ0n) is 18.0. The fraction of sp³-hybridized carbons (Fsp3) is 0.375. The van der Waals surface area contributed by atoms with Crippen molar-refractivity contribution in [2.24, 2.45) is 5.92 Å². The van der Waals surface area contributed by atoms with Crippen LogP contribution < -0.4 is 5.73 Å². The maximum Gasteiger partial charge on any atom is 0.417 e. The minimum Gasteiger partial charge on any atom is -0.383 e. The zero-order valence-corrected chi connectivity index (χ0v) is 18.0. The Kier molecular flexibility index (Phi) is 5.23. The molecule has 0 bridgehead atoms. The van der Waals surface area contributed by atoms with Crippen molar-refractivity contribution in [3.05, 3.63) is 64.5 Å². The van der Waals surface area contributed by atoms with Crippen molar-refractivity contribution in [1.29, 1.82) is 0 Å². The average Bonchev–Trinajstić information content (AvgIpc) is 3.50. The number of nitrogens with zero attached hydrogens (tertiary/aromatic N) is 3. The summed E-state index contributed by atoms with van der Waals surface area (Å²) in [6.45, 7) is 3.08. The molecule has 6 nitrogen and oxygen atoms in total. The minimum atomic E-state index is -4.45. The Labute approximate surface area is 188 Å². The molecular weight excluding hydrogens is 433 g/mol. The molecule has 5 rings (SSSR count). The number of pyridine rings is 2. The van der Waals surface area contributed by atoms with Gasteiger partial charge in [-0.15, -0.1) is 0 Å². The summed E-state index contributed by atoms with van der Waals surface area (Å²) in [5.41, 5.74) is 8.70. The molecule has 33 heavy (non-hydrogen) atoms. The number of halogens is 3. The van der Waals surface area contributed by atoms with E-state index in [0.717, 1.165) is 41.6 Å². The van der Waals surface area contributed by atoms with Gasteiger partial charge in [-0.2, -0.15) is 13.2 Å². The molecule has 0 saturated heterocycles. The number of anilines is 1. The highest BCUT2D eigenvalue weighted by molar-refractivity contribution is 5.99. The average molecular weight is 456 g/mol. The third kappa shape index (κ3) is 3.90. The highest BCUT2D eigenvalue weighted by atomic mass is 19.4. The summed E-state index contributed by atoms with van der Waals surface area (Å²) in [7, 11) is 0. The number of aromatic nitrogens is 2. The van der Waals surface area contributed by atoms with E-state index in [9.17, 15) is 18.0 Å². The van der Waals surface area contributed by atoms with E-state index >= 15 is 0 Å². The number of carbonyl (C=O) groups excluding carboxylic acids is 1. The van der Waals surface area contributed by atoms with Crippen LogP contribution in [-0.4, -0.2) is 27.3 Å². The number of fused-ring (bicyclic) bond motifs is 3. The van der Waals surface area contributed by atoms with E-state index in [1.54, 1.807) is 17.0 Å². The number of hydrogen-bond acceptors (Lipinski definition) is 5. The van der Waals surface area contributed by atoms with Gasteiger partial charge in [0.2, 0.25) is 0 Å². The van der Waals surface area contributed by atoms with E-state index < -0.39 is 11.7 Å². The van der Waals surface area contributed by atoms with Crippen LogP contribution in [-0.2, 0) is 24.1 Å². The van der Waals surface area contributed by atoms with Crippen molar-refractivity contribution in [1.82, 2.24) is 14.9 Å². The second kappa shape index (κ2) is 7.98. The Hall–Kier alpha value is -3.20. The third-order valence-corrected chi connectivity index (χ3v) is 6.40. The lowest BCUT2D eigenvalue weighted by Gasteiger charge is -2.31. The Morgan fingerprint density at radius 3 is 2.61 bits per heavy atom. The molecule has 3 aromatic rings. The standard InChI is InChI=1S/C24H23F3N4O2/c1-2-31(21(13-3-4-13)20-8-6-15(10-29-20)24(25,26)27)23(32)14-5-7-19-16(9-14)17-11-33-12-18(17)22(28)30-19/h5-10,13,21H,2-4,11-12H2,1H3,(H2,28,30). The third-order valence-electron chi connectivity index (χ3n) is 6.40. The van der Waals surface area contributed by atoms with Crippen LogP contribution >= 0.6 is 0 Å². The zero-order chi connectivity index (χ0) is 23.3. The Balaban J connectivity index is 1.50. The number of alkyl halides is 3. The lowest BCUT2D eigenvalue weighted by Crippen LogP contribution is -2.36. The molecule has 1 fully saturated rings. The summed E-state index contributed by atoms with van der Waals surface area (Å²) >= 11 is 0. The molecule has 1 unspecified atom stereocenters. The molecular formula is C24H23F3N4O2. The summed E-state index contributed by atoms with van der Waals surface area (Å²) in [5, 5.41) is 0.828. The molecule has 1 aliphatic carbocycles. The van der Waals surface area contributed by atoms with Crippen LogP contribution in [0.3, 0.4) is 0 Å². The van der Waals surface area contributed by atoms with Crippen molar-refractivity contribution in [3.8, 4) is 0 Å². The highest BCUT2D eigenvalue weighted by Crippen LogP contribution is 2.45. The van der Waals surface area contributed by atoms with Gasteiger partial charge >= 0.3 is 6.18 Å². The van der Waals surface area contributed by atoms with E-state index in [1.165, 1.54) is 6.07 Å². The summed E-state index contributed by atoms with van der Waals surface area (Å²) in [4.78, 5) is 23.8. The van der Waals surface area contributed by atoms with Crippen LogP contribution in [0, 0.1) is 5.92 Å². The molecule has 172 valence electrons. The normalized spacial score (nSPS) is 16.6. The first-order valence-electron chi connectivity index (χ1n) is 10.9. The van der Waals surface area contributed by atoms with Crippen molar-refractivity contribution < 1.29 is 22.7 Å². The first-order chi connectivity index (χ1) is 15.8. The van der Waals surface area contributed by atoms with Gasteiger partial charge in [-0.05, 0) is 61.6 Å². The fourth-order valence-electron chi connectivity index (χ4n) is 4.55. The van der Waals surface area contributed by atoms with Crippen LogP contribution in [0.1, 0.15) is 58.5 Å². The number of nitrogen functional groups attached to an aromatic ring is 1. The molecule has 1 aliphatic heterocycles. The second-order valence-corrected chi connectivity index (χ2v) is 8.52. The maximum atomic E-state index is 13.6. The summed E-state index contributed by atoms with van der Waals surface area (Å²) in [6.07, 6.45) is -1.79. The first-order valence-corrected chi connectivity index (χ1v) is 10.9. The molecule has 1 saturated carbocycles. The second-order valence-electron chi connectivity index (χ2n) is 8.52. The minimum absolute atomic E-state index is 0.178. The molecule has 0 spiro atoms. The van der Waals surface area contributed by atoms with E-state index in [0.29, 0.717) is 42.4 Å². The SMILES string of the molecule is CCN(C(=O)c1ccc2nc(N)c3c(c2c1)COC3)C(c1ccc(C(F)(F)F)cn1)C1CC1. The summed E-state index contributed by atoms with van der Waals surface area (Å²) in [6, 6.07) is 7.34. The monoisotopic (exact) mass is 456 g/mol. The van der Waals surface area contributed by atoms with Gasteiger partial charge in [-0.25, -0.2) is 4.98 Å². The molecule has 0 radical (unpaired) electrons. The van der Waals surface area contributed by atoms with Gasteiger partial charge in [0.1, 0.15) is 5.82 Å². The highest BCUT2D eigenvalue weighted by Gasteiger charge is 2.40. The van der Waals surface area contributed by atoms with E-state index in [2.05, 4.69) is 9.97 Å².